The fraction of sp³-hybridized carbons (Fsp3) is 0.143. The summed E-state index contributed by atoms with van der Waals surface area (Å²) in [5.74, 6) is -3.36. The highest BCUT2D eigenvalue weighted by Crippen LogP contribution is 2.34. The molecule has 1 amide bonds. The number of hydrogen-bond acceptors (Lipinski definition) is 5. The first-order valence-corrected chi connectivity index (χ1v) is 7.66. The Morgan fingerprint density at radius 3 is 2.42 bits per heavy atom. The third-order valence-corrected chi connectivity index (χ3v) is 4.15. The average molecular weight is 389 g/mol. The summed E-state index contributed by atoms with van der Waals surface area (Å²) in [5.41, 5.74) is -1.84. The van der Waals surface area contributed by atoms with Crippen LogP contribution >= 0.6 is 11.3 Å². The molecule has 0 spiro atoms. The maximum Gasteiger partial charge on any atom is 0.435 e. The molecule has 0 unspecified atom stereocenters. The van der Waals surface area contributed by atoms with Crippen LogP contribution in [0.15, 0.2) is 24.7 Å². The lowest BCUT2D eigenvalue weighted by atomic mass is 10.2. The number of anilines is 1. The molecule has 0 atom stereocenters. The number of nitrogens with zero attached hydrogens (tertiary/aromatic N) is 4. The second-order valence-electron chi connectivity index (χ2n) is 5.00. The molecule has 0 saturated heterocycles. The molecule has 26 heavy (non-hydrogen) atoms. The number of nitrogens with one attached hydrogen (secondary N) is 1. The van der Waals surface area contributed by atoms with Crippen molar-refractivity contribution >= 4 is 22.2 Å². The summed E-state index contributed by atoms with van der Waals surface area (Å²) in [6, 6.07) is 0.812. The van der Waals surface area contributed by atoms with Crippen molar-refractivity contribution in [3.63, 3.8) is 0 Å². The number of alkyl halides is 3. The van der Waals surface area contributed by atoms with Crippen molar-refractivity contribution in [2.45, 2.75) is 6.18 Å². The average Bonchev–Trinajstić information content (AvgIpc) is 3.13. The van der Waals surface area contributed by atoms with Crippen molar-refractivity contribution in [3.8, 4) is 10.7 Å². The van der Waals surface area contributed by atoms with Crippen LogP contribution < -0.4 is 5.32 Å². The highest BCUT2D eigenvalue weighted by atomic mass is 32.1. The number of aromatic nitrogens is 4. The van der Waals surface area contributed by atoms with Crippen molar-refractivity contribution in [1.29, 1.82) is 0 Å². The van der Waals surface area contributed by atoms with Crippen LogP contribution in [-0.4, -0.2) is 25.7 Å². The molecule has 6 nitrogen and oxygen atoms in total. The van der Waals surface area contributed by atoms with Crippen LogP contribution in [0.5, 0.6) is 0 Å². The molecular weight excluding hydrogens is 381 g/mol. The van der Waals surface area contributed by atoms with Crippen LogP contribution in [0.4, 0.5) is 27.0 Å². The van der Waals surface area contributed by atoms with E-state index in [0.717, 1.165) is 28.3 Å². The molecule has 0 saturated carbocycles. The molecule has 3 heterocycles. The first-order chi connectivity index (χ1) is 12.2. The normalized spacial score (nSPS) is 11.6. The van der Waals surface area contributed by atoms with E-state index in [9.17, 15) is 26.7 Å². The highest BCUT2D eigenvalue weighted by Gasteiger charge is 2.35. The number of carbonyl (C=O) groups excluding carboxylic acids is 1. The molecule has 136 valence electrons. The third-order valence-electron chi connectivity index (χ3n) is 3.21. The fourth-order valence-corrected chi connectivity index (χ4v) is 2.92. The van der Waals surface area contributed by atoms with E-state index >= 15 is 0 Å². The smallest absolute Gasteiger partial charge is 0.312 e. The van der Waals surface area contributed by atoms with Gasteiger partial charge in [-0.3, -0.25) is 14.5 Å². The van der Waals surface area contributed by atoms with E-state index in [4.69, 9.17) is 0 Å². The third kappa shape index (κ3) is 3.40. The van der Waals surface area contributed by atoms with Gasteiger partial charge < -0.3 is 5.32 Å². The van der Waals surface area contributed by atoms with Crippen molar-refractivity contribution in [2.75, 3.05) is 5.32 Å². The van der Waals surface area contributed by atoms with Gasteiger partial charge in [0.15, 0.2) is 17.3 Å². The maximum absolute atomic E-state index is 13.5. The summed E-state index contributed by atoms with van der Waals surface area (Å²) in [7, 11) is 1.31. The first kappa shape index (κ1) is 17.9. The van der Waals surface area contributed by atoms with Gasteiger partial charge in [-0.05, 0) is 6.07 Å². The number of amides is 1. The predicted octanol–water partition coefficient (Wildman–Crippen LogP) is 3.49. The highest BCUT2D eigenvalue weighted by molar-refractivity contribution is 7.19. The van der Waals surface area contributed by atoms with Gasteiger partial charge >= 0.3 is 6.18 Å². The quantitative estimate of drug-likeness (QED) is 0.696. The number of halogens is 5. The molecule has 12 heteroatoms. The van der Waals surface area contributed by atoms with Crippen molar-refractivity contribution < 1.29 is 26.7 Å². The zero-order chi connectivity index (χ0) is 19.1. The fourth-order valence-electron chi connectivity index (χ4n) is 2.06. The molecular formula is C14H8F5N5OS. The lowest BCUT2D eigenvalue weighted by molar-refractivity contribution is -0.141. The van der Waals surface area contributed by atoms with E-state index < -0.39 is 35.0 Å². The van der Waals surface area contributed by atoms with Gasteiger partial charge in [0.25, 0.3) is 5.91 Å². The van der Waals surface area contributed by atoms with Crippen LogP contribution in [0, 0.1) is 11.6 Å². The molecule has 3 rings (SSSR count). The van der Waals surface area contributed by atoms with Gasteiger partial charge in [-0.25, -0.2) is 13.8 Å². The van der Waals surface area contributed by atoms with Crippen molar-refractivity contribution in [2.24, 2.45) is 7.05 Å². The molecule has 0 fully saturated rings. The molecule has 0 aliphatic heterocycles. The van der Waals surface area contributed by atoms with E-state index in [1.165, 1.54) is 7.05 Å². The summed E-state index contributed by atoms with van der Waals surface area (Å²) in [6.45, 7) is 0. The van der Waals surface area contributed by atoms with Gasteiger partial charge in [-0.15, -0.1) is 0 Å². The Hall–Kier alpha value is -2.89. The van der Waals surface area contributed by atoms with Gasteiger partial charge in [0.1, 0.15) is 15.6 Å². The molecule has 0 aliphatic carbocycles. The van der Waals surface area contributed by atoms with E-state index in [0.29, 0.717) is 12.4 Å². The first-order valence-electron chi connectivity index (χ1n) is 6.84. The second-order valence-corrected chi connectivity index (χ2v) is 6.03. The Kier molecular flexibility index (Phi) is 4.44. The van der Waals surface area contributed by atoms with Gasteiger partial charge in [-0.1, -0.05) is 11.3 Å². The minimum absolute atomic E-state index is 0.0732. The van der Waals surface area contributed by atoms with Crippen LogP contribution in [0.1, 0.15) is 16.1 Å². The van der Waals surface area contributed by atoms with Gasteiger partial charge in [-0.2, -0.15) is 18.3 Å². The van der Waals surface area contributed by atoms with E-state index in [-0.39, 0.29) is 15.7 Å². The number of pyridine rings is 1. The Morgan fingerprint density at radius 1 is 1.19 bits per heavy atom. The van der Waals surface area contributed by atoms with Gasteiger partial charge in [0, 0.05) is 7.05 Å². The molecule has 0 aliphatic rings. The Balaban J connectivity index is 1.85. The molecule has 0 bridgehead atoms. The topological polar surface area (TPSA) is 72.7 Å². The molecule has 3 aromatic rings. The maximum atomic E-state index is 13.5. The minimum atomic E-state index is -4.61. The van der Waals surface area contributed by atoms with Crippen LogP contribution in [0.3, 0.4) is 0 Å². The van der Waals surface area contributed by atoms with E-state index in [1.807, 2.05) is 0 Å². The second kappa shape index (κ2) is 6.44. The molecule has 3 aromatic heterocycles. The van der Waals surface area contributed by atoms with Gasteiger partial charge in [0.2, 0.25) is 0 Å². The summed E-state index contributed by atoms with van der Waals surface area (Å²) >= 11 is 0.827. The summed E-state index contributed by atoms with van der Waals surface area (Å²) in [6.07, 6.45) is -2.08. The number of rotatable bonds is 3. The Morgan fingerprint density at radius 2 is 1.85 bits per heavy atom. The van der Waals surface area contributed by atoms with Crippen LogP contribution in [0.2, 0.25) is 0 Å². The largest absolute Gasteiger partial charge is 0.435 e. The van der Waals surface area contributed by atoms with Gasteiger partial charge in [0.05, 0.1) is 24.3 Å². The zero-order valence-electron chi connectivity index (χ0n) is 12.8. The molecule has 0 radical (unpaired) electrons. The summed E-state index contributed by atoms with van der Waals surface area (Å²) < 4.78 is 66.2. The number of aryl methyl sites for hydroxylation is 1. The predicted molar refractivity (Wildman–Crippen MR) is 81.4 cm³/mol. The van der Waals surface area contributed by atoms with E-state index in [1.54, 1.807) is 0 Å². The monoisotopic (exact) mass is 389 g/mol. The SMILES string of the molecule is Cn1nc(C(F)(F)F)cc1-c1ncc(NC(=O)c2c(F)cncc2F)s1. The Bertz CT molecular complexity index is 960. The minimum Gasteiger partial charge on any atom is -0.312 e. The van der Waals surface area contributed by atoms with Crippen LogP contribution in [-0.2, 0) is 13.2 Å². The van der Waals surface area contributed by atoms with Crippen molar-refractivity contribution in [3.05, 3.63) is 47.5 Å². The number of carbonyl (C=O) groups is 1. The summed E-state index contributed by atoms with van der Waals surface area (Å²) in [5, 5.41) is 5.84. The molecule has 1 N–H and O–H groups in total. The van der Waals surface area contributed by atoms with Crippen molar-refractivity contribution in [1.82, 2.24) is 19.7 Å². The molecule has 0 aromatic carbocycles. The van der Waals surface area contributed by atoms with Crippen LogP contribution in [0.25, 0.3) is 10.7 Å². The lowest BCUT2D eigenvalue weighted by Crippen LogP contribution is -2.15. The standard InChI is InChI=1S/C14H8F5N5OS/c1-24-8(2-9(23-24)14(17,18)19)13-21-5-10(26-13)22-12(25)11-6(15)3-20-4-7(11)16/h2-5H,1H3,(H,22,25). The lowest BCUT2D eigenvalue weighted by Gasteiger charge is -2.03. The number of hydrogen-bond donors (Lipinski definition) is 1. The Labute approximate surface area is 146 Å². The summed E-state index contributed by atoms with van der Waals surface area (Å²) in [4.78, 5) is 19.2. The zero-order valence-corrected chi connectivity index (χ0v) is 13.6. The number of thiazole rings is 1. The van der Waals surface area contributed by atoms with E-state index in [2.05, 4.69) is 20.4 Å².